The van der Waals surface area contributed by atoms with Gasteiger partial charge in [-0.2, -0.15) is 0 Å². The molecule has 2 N–H and O–H groups in total. The Morgan fingerprint density at radius 3 is 1.64 bits per heavy atom. The van der Waals surface area contributed by atoms with Crippen molar-refractivity contribution in [1.82, 2.24) is 4.90 Å². The molecule has 0 saturated carbocycles. The molecule has 88 valence electrons. The van der Waals surface area contributed by atoms with Gasteiger partial charge in [-0.15, -0.1) is 0 Å². The Labute approximate surface area is 88.7 Å². The Hall–Kier alpha value is -0.120. The fraction of sp³-hybridized carbons (Fsp3) is 1.00. The third-order valence-electron chi connectivity index (χ3n) is 2.49. The van der Waals surface area contributed by atoms with Crippen LogP contribution >= 0.6 is 0 Å². The Morgan fingerprint density at radius 2 is 1.57 bits per heavy atom. The van der Waals surface area contributed by atoms with Crippen LogP contribution in [0.3, 0.4) is 0 Å². The van der Waals surface area contributed by atoms with Gasteiger partial charge in [-0.3, -0.25) is 0 Å². The average molecular weight is 205 g/mol. The monoisotopic (exact) mass is 205 g/mol. The molecule has 0 aliphatic rings. The summed E-state index contributed by atoms with van der Waals surface area (Å²) >= 11 is 0. The normalized spacial score (nSPS) is 14.6. The molecule has 0 bridgehead atoms. The number of rotatable bonds is 5. The molecule has 14 heavy (non-hydrogen) atoms. The summed E-state index contributed by atoms with van der Waals surface area (Å²) < 4.78 is 0. The lowest BCUT2D eigenvalue weighted by Crippen LogP contribution is -2.23. The second-order valence-corrected chi connectivity index (χ2v) is 3.81. The van der Waals surface area contributed by atoms with Crippen molar-refractivity contribution >= 4 is 0 Å². The maximum atomic E-state index is 9.16. The smallest absolute Gasteiger partial charge is 0.0639 e. The fourth-order valence-electron chi connectivity index (χ4n) is 0.641. The summed E-state index contributed by atoms with van der Waals surface area (Å²) in [5, 5.41) is 17.5. The average Bonchev–Trinajstić information content (AvgIpc) is 2.17. The maximum absolute atomic E-state index is 9.16. The third kappa shape index (κ3) is 11.9. The van der Waals surface area contributed by atoms with Crippen molar-refractivity contribution < 1.29 is 10.2 Å². The third-order valence-corrected chi connectivity index (χ3v) is 2.49. The standard InChI is InChI=1S/C6H14O2.C5H13N/c1-3-6(2,8)4-5-7;1-4-6(3)5-2/h7-8H,3-5H2,1-2H3;4-5H2,1-3H3. The van der Waals surface area contributed by atoms with Gasteiger partial charge < -0.3 is 15.1 Å². The van der Waals surface area contributed by atoms with Crippen molar-refractivity contribution in [1.29, 1.82) is 0 Å². The zero-order valence-electron chi connectivity index (χ0n) is 10.4. The largest absolute Gasteiger partial charge is 0.396 e. The van der Waals surface area contributed by atoms with Crippen molar-refractivity contribution in [3.8, 4) is 0 Å². The lowest BCUT2D eigenvalue weighted by atomic mass is 10.0. The van der Waals surface area contributed by atoms with Crippen molar-refractivity contribution in [3.05, 3.63) is 0 Å². The molecular formula is C11H27NO2. The Balaban J connectivity index is 0. The SMILES string of the molecule is CCC(C)(O)CCO.CCN(C)CC. The van der Waals surface area contributed by atoms with Gasteiger partial charge in [0.2, 0.25) is 0 Å². The molecule has 0 saturated heterocycles. The zero-order valence-corrected chi connectivity index (χ0v) is 10.4. The highest BCUT2D eigenvalue weighted by atomic mass is 16.3. The predicted octanol–water partition coefficient (Wildman–Crippen LogP) is 1.49. The van der Waals surface area contributed by atoms with E-state index in [0.29, 0.717) is 12.8 Å². The minimum Gasteiger partial charge on any atom is -0.396 e. The van der Waals surface area contributed by atoms with E-state index in [1.165, 1.54) is 0 Å². The number of aliphatic hydroxyl groups is 2. The summed E-state index contributed by atoms with van der Waals surface area (Å²) in [5.74, 6) is 0. The first kappa shape index (κ1) is 16.3. The van der Waals surface area contributed by atoms with E-state index in [1.54, 1.807) is 6.92 Å². The molecule has 0 radical (unpaired) electrons. The minimum absolute atomic E-state index is 0.0703. The molecular weight excluding hydrogens is 178 g/mol. The van der Waals surface area contributed by atoms with Gasteiger partial charge in [0.05, 0.1) is 5.60 Å². The summed E-state index contributed by atoms with van der Waals surface area (Å²) in [6.45, 7) is 10.3. The highest BCUT2D eigenvalue weighted by Gasteiger charge is 2.15. The van der Waals surface area contributed by atoms with E-state index in [-0.39, 0.29) is 6.61 Å². The fourth-order valence-corrected chi connectivity index (χ4v) is 0.641. The van der Waals surface area contributed by atoms with E-state index in [9.17, 15) is 0 Å². The quantitative estimate of drug-likeness (QED) is 0.714. The maximum Gasteiger partial charge on any atom is 0.0639 e. The van der Waals surface area contributed by atoms with Gasteiger partial charge in [-0.05, 0) is 39.9 Å². The molecule has 0 aliphatic carbocycles. The van der Waals surface area contributed by atoms with Crippen LogP contribution in [-0.4, -0.2) is 47.5 Å². The molecule has 0 aromatic carbocycles. The topological polar surface area (TPSA) is 43.7 Å². The van der Waals surface area contributed by atoms with Crippen LogP contribution in [-0.2, 0) is 0 Å². The van der Waals surface area contributed by atoms with Crippen molar-refractivity contribution in [2.75, 3.05) is 26.7 Å². The van der Waals surface area contributed by atoms with Gasteiger partial charge in [0.15, 0.2) is 0 Å². The van der Waals surface area contributed by atoms with Crippen molar-refractivity contribution in [3.63, 3.8) is 0 Å². The minimum atomic E-state index is -0.658. The van der Waals surface area contributed by atoms with Crippen molar-refractivity contribution in [2.24, 2.45) is 0 Å². The van der Waals surface area contributed by atoms with Gasteiger partial charge in [0.25, 0.3) is 0 Å². The van der Waals surface area contributed by atoms with Gasteiger partial charge in [0, 0.05) is 6.61 Å². The van der Waals surface area contributed by atoms with Crippen LogP contribution in [0.15, 0.2) is 0 Å². The summed E-state index contributed by atoms with van der Waals surface area (Å²) in [6, 6.07) is 0. The van der Waals surface area contributed by atoms with E-state index < -0.39 is 5.60 Å². The van der Waals surface area contributed by atoms with Crippen LogP contribution in [0.1, 0.15) is 40.5 Å². The van der Waals surface area contributed by atoms with Gasteiger partial charge in [0.1, 0.15) is 0 Å². The van der Waals surface area contributed by atoms with E-state index in [4.69, 9.17) is 10.2 Å². The summed E-state index contributed by atoms with van der Waals surface area (Å²) in [7, 11) is 2.11. The van der Waals surface area contributed by atoms with Gasteiger partial charge in [-0.25, -0.2) is 0 Å². The van der Waals surface area contributed by atoms with E-state index in [0.717, 1.165) is 13.1 Å². The van der Waals surface area contributed by atoms with Crippen molar-refractivity contribution in [2.45, 2.75) is 46.1 Å². The number of hydrogen-bond donors (Lipinski definition) is 2. The zero-order chi connectivity index (χ0) is 11.6. The Morgan fingerprint density at radius 1 is 1.14 bits per heavy atom. The molecule has 0 amide bonds. The molecule has 0 aliphatic heterocycles. The van der Waals surface area contributed by atoms with Crippen LogP contribution in [0.5, 0.6) is 0 Å². The van der Waals surface area contributed by atoms with Gasteiger partial charge >= 0.3 is 0 Å². The molecule has 1 atom stereocenters. The molecule has 0 rings (SSSR count). The molecule has 3 heteroatoms. The molecule has 0 heterocycles. The molecule has 3 nitrogen and oxygen atoms in total. The molecule has 0 aromatic rings. The summed E-state index contributed by atoms with van der Waals surface area (Å²) in [6.07, 6.45) is 1.18. The highest BCUT2D eigenvalue weighted by Crippen LogP contribution is 2.11. The second kappa shape index (κ2) is 9.44. The molecule has 0 fully saturated rings. The number of aliphatic hydroxyl groups excluding tert-OH is 1. The lowest BCUT2D eigenvalue weighted by Gasteiger charge is -2.18. The molecule has 1 unspecified atom stereocenters. The molecule has 0 spiro atoms. The predicted molar refractivity (Wildman–Crippen MR) is 61.5 cm³/mol. The molecule has 0 aromatic heterocycles. The van der Waals surface area contributed by atoms with E-state index >= 15 is 0 Å². The van der Waals surface area contributed by atoms with Crippen LogP contribution in [0.25, 0.3) is 0 Å². The van der Waals surface area contributed by atoms with Gasteiger partial charge in [-0.1, -0.05) is 20.8 Å². The number of nitrogens with zero attached hydrogens (tertiary/aromatic N) is 1. The second-order valence-electron chi connectivity index (χ2n) is 3.81. The lowest BCUT2D eigenvalue weighted by molar-refractivity contribution is 0.0300. The van der Waals surface area contributed by atoms with Crippen LogP contribution in [0.2, 0.25) is 0 Å². The summed E-state index contributed by atoms with van der Waals surface area (Å²) in [5.41, 5.74) is -0.658. The first-order valence-electron chi connectivity index (χ1n) is 5.45. The first-order chi connectivity index (χ1) is 6.43. The summed E-state index contributed by atoms with van der Waals surface area (Å²) in [4.78, 5) is 2.25. The van der Waals surface area contributed by atoms with E-state index in [2.05, 4.69) is 25.8 Å². The Bertz CT molecular complexity index is 112. The first-order valence-corrected chi connectivity index (χ1v) is 5.45. The highest BCUT2D eigenvalue weighted by molar-refractivity contribution is 4.68. The van der Waals surface area contributed by atoms with Crippen LogP contribution in [0.4, 0.5) is 0 Å². The van der Waals surface area contributed by atoms with E-state index in [1.807, 2.05) is 6.92 Å². The van der Waals surface area contributed by atoms with Crippen LogP contribution < -0.4 is 0 Å². The number of hydrogen-bond acceptors (Lipinski definition) is 3. The van der Waals surface area contributed by atoms with Crippen LogP contribution in [0, 0.1) is 0 Å². The Kier molecular flexibility index (Phi) is 11.0.